The van der Waals surface area contributed by atoms with Crippen molar-refractivity contribution in [3.05, 3.63) is 11.1 Å². The maximum atomic E-state index is 11.6. The monoisotopic (exact) mass is 212 g/mol. The predicted octanol–water partition coefficient (Wildman–Crippen LogP) is 0.0408. The van der Waals surface area contributed by atoms with Gasteiger partial charge in [0.25, 0.3) is 0 Å². The van der Waals surface area contributed by atoms with Crippen LogP contribution in [0.4, 0.5) is 0 Å². The lowest BCUT2D eigenvalue weighted by Crippen LogP contribution is -2.38. The lowest BCUT2D eigenvalue weighted by Gasteiger charge is -2.21. The van der Waals surface area contributed by atoms with E-state index in [1.165, 1.54) is 5.57 Å². The third kappa shape index (κ3) is 3.64. The highest BCUT2D eigenvalue weighted by Gasteiger charge is 2.15. The molecule has 3 N–H and O–H groups in total. The number of hydrogen-bond acceptors (Lipinski definition) is 3. The van der Waals surface area contributed by atoms with E-state index in [0.717, 1.165) is 25.1 Å². The van der Waals surface area contributed by atoms with Gasteiger partial charge in [-0.1, -0.05) is 6.92 Å². The Kier molecular flexibility index (Phi) is 4.78. The Bertz CT molecular complexity index is 255. The summed E-state index contributed by atoms with van der Waals surface area (Å²) in [7, 11) is 0. The third-order valence-corrected chi connectivity index (χ3v) is 2.78. The number of amides is 1. The fraction of sp³-hybridized carbons (Fsp3) is 0.727. The molecule has 1 atom stereocenters. The maximum absolute atomic E-state index is 11.6. The molecule has 0 bridgehead atoms. The van der Waals surface area contributed by atoms with Gasteiger partial charge in [0.15, 0.2) is 0 Å². The Hall–Kier alpha value is -0.870. The van der Waals surface area contributed by atoms with Gasteiger partial charge in [0.1, 0.15) is 0 Å². The van der Waals surface area contributed by atoms with E-state index in [4.69, 9.17) is 5.11 Å². The van der Waals surface area contributed by atoms with Gasteiger partial charge >= 0.3 is 0 Å². The summed E-state index contributed by atoms with van der Waals surface area (Å²) in [6, 6.07) is 0. The molecule has 1 amide bonds. The Morgan fingerprint density at radius 2 is 2.27 bits per heavy atom. The van der Waals surface area contributed by atoms with E-state index in [0.29, 0.717) is 12.5 Å². The minimum atomic E-state index is 0.0243. The van der Waals surface area contributed by atoms with Gasteiger partial charge < -0.3 is 15.7 Å². The highest BCUT2D eigenvalue weighted by atomic mass is 16.3. The molecule has 1 aliphatic rings. The first-order valence-electron chi connectivity index (χ1n) is 5.43. The van der Waals surface area contributed by atoms with Crippen molar-refractivity contribution in [2.24, 2.45) is 5.92 Å². The fourth-order valence-corrected chi connectivity index (χ4v) is 1.40. The summed E-state index contributed by atoms with van der Waals surface area (Å²) in [6.45, 7) is 6.38. The number of hydrogen-bond donors (Lipinski definition) is 3. The van der Waals surface area contributed by atoms with Crippen molar-refractivity contribution in [2.45, 2.75) is 20.3 Å². The summed E-state index contributed by atoms with van der Waals surface area (Å²) < 4.78 is 0. The zero-order valence-corrected chi connectivity index (χ0v) is 9.47. The third-order valence-electron chi connectivity index (χ3n) is 2.78. The highest BCUT2D eigenvalue weighted by Crippen LogP contribution is 2.08. The normalized spacial score (nSPS) is 16.9. The lowest BCUT2D eigenvalue weighted by atomic mass is 10.0. The molecular weight excluding hydrogens is 192 g/mol. The van der Waals surface area contributed by atoms with Gasteiger partial charge in [-0.3, -0.25) is 4.79 Å². The van der Waals surface area contributed by atoms with Crippen molar-refractivity contribution in [2.75, 3.05) is 26.2 Å². The molecule has 0 spiro atoms. The van der Waals surface area contributed by atoms with Crippen LogP contribution in [0.15, 0.2) is 11.1 Å². The van der Waals surface area contributed by atoms with Crippen molar-refractivity contribution < 1.29 is 9.90 Å². The molecule has 4 nitrogen and oxygen atoms in total. The van der Waals surface area contributed by atoms with Gasteiger partial charge in [0.05, 0.1) is 0 Å². The second kappa shape index (κ2) is 5.88. The Morgan fingerprint density at radius 3 is 2.73 bits per heavy atom. The first kappa shape index (κ1) is 12.2. The minimum absolute atomic E-state index is 0.0243. The molecule has 4 heteroatoms. The van der Waals surface area contributed by atoms with E-state index in [9.17, 15) is 4.79 Å². The molecular formula is C11H20N2O2. The number of rotatable bonds is 5. The Labute approximate surface area is 90.7 Å². The fourth-order valence-electron chi connectivity index (χ4n) is 1.40. The summed E-state index contributed by atoms with van der Waals surface area (Å²) in [6.07, 6.45) is 0.734. The quantitative estimate of drug-likeness (QED) is 0.564. The molecule has 15 heavy (non-hydrogen) atoms. The molecule has 0 aliphatic carbocycles. The molecule has 1 heterocycles. The topological polar surface area (TPSA) is 61.4 Å². The SMILES string of the molecule is CC(C(=O)NCC(C)CCO)=C1CNC1. The summed E-state index contributed by atoms with van der Waals surface area (Å²) in [4.78, 5) is 11.6. The number of carbonyl (C=O) groups is 1. The average molecular weight is 212 g/mol. The molecule has 0 saturated carbocycles. The van der Waals surface area contributed by atoms with Crippen LogP contribution in [0, 0.1) is 5.92 Å². The van der Waals surface area contributed by atoms with Gasteiger partial charge in [-0.2, -0.15) is 0 Å². The van der Waals surface area contributed by atoms with Crippen molar-refractivity contribution in [1.82, 2.24) is 10.6 Å². The van der Waals surface area contributed by atoms with Gasteiger partial charge in [-0.15, -0.1) is 0 Å². The van der Waals surface area contributed by atoms with Crippen molar-refractivity contribution in [3.63, 3.8) is 0 Å². The van der Waals surface area contributed by atoms with Gasteiger partial charge in [-0.05, 0) is 24.8 Å². The number of carbonyl (C=O) groups excluding carboxylic acids is 1. The lowest BCUT2D eigenvalue weighted by molar-refractivity contribution is -0.117. The molecule has 0 aromatic rings. The second-order valence-corrected chi connectivity index (χ2v) is 4.16. The predicted molar refractivity (Wildman–Crippen MR) is 59.4 cm³/mol. The van der Waals surface area contributed by atoms with Crippen LogP contribution in [0.2, 0.25) is 0 Å². The van der Waals surface area contributed by atoms with Crippen LogP contribution in [0.3, 0.4) is 0 Å². The van der Waals surface area contributed by atoms with Crippen LogP contribution in [0.5, 0.6) is 0 Å². The number of nitrogens with one attached hydrogen (secondary N) is 2. The molecule has 1 fully saturated rings. The molecule has 86 valence electrons. The van der Waals surface area contributed by atoms with Crippen LogP contribution in [0.25, 0.3) is 0 Å². The molecule has 0 aromatic carbocycles. The first-order chi connectivity index (χ1) is 7.15. The van der Waals surface area contributed by atoms with Gasteiger partial charge in [-0.25, -0.2) is 0 Å². The standard InChI is InChI=1S/C11H20N2O2/c1-8(3-4-14)5-13-11(15)9(2)10-6-12-7-10/h8,12,14H,3-7H2,1-2H3,(H,13,15). The Morgan fingerprint density at radius 1 is 1.60 bits per heavy atom. The van der Waals surface area contributed by atoms with Crippen LogP contribution < -0.4 is 10.6 Å². The average Bonchev–Trinajstić information content (AvgIpc) is 2.11. The van der Waals surface area contributed by atoms with E-state index in [1.54, 1.807) is 0 Å². The van der Waals surface area contributed by atoms with E-state index >= 15 is 0 Å². The second-order valence-electron chi connectivity index (χ2n) is 4.16. The van der Waals surface area contributed by atoms with E-state index in [2.05, 4.69) is 10.6 Å². The van der Waals surface area contributed by atoms with Crippen LogP contribution in [0.1, 0.15) is 20.3 Å². The molecule has 1 aliphatic heterocycles. The summed E-state index contributed by atoms with van der Waals surface area (Å²) >= 11 is 0. The summed E-state index contributed by atoms with van der Waals surface area (Å²) in [5.74, 6) is 0.354. The zero-order valence-electron chi connectivity index (χ0n) is 9.47. The molecule has 0 radical (unpaired) electrons. The maximum Gasteiger partial charge on any atom is 0.246 e. The van der Waals surface area contributed by atoms with E-state index in [-0.39, 0.29) is 12.5 Å². The number of aliphatic hydroxyl groups excluding tert-OH is 1. The van der Waals surface area contributed by atoms with Crippen molar-refractivity contribution >= 4 is 5.91 Å². The smallest absolute Gasteiger partial charge is 0.246 e. The van der Waals surface area contributed by atoms with Crippen molar-refractivity contribution in [1.29, 1.82) is 0 Å². The summed E-state index contributed by atoms with van der Waals surface area (Å²) in [5.41, 5.74) is 2.03. The summed E-state index contributed by atoms with van der Waals surface area (Å²) in [5, 5.41) is 14.7. The molecule has 1 saturated heterocycles. The highest BCUT2D eigenvalue weighted by molar-refractivity contribution is 5.93. The van der Waals surface area contributed by atoms with Crippen LogP contribution in [-0.2, 0) is 4.79 Å². The van der Waals surface area contributed by atoms with Crippen LogP contribution in [-0.4, -0.2) is 37.3 Å². The van der Waals surface area contributed by atoms with Crippen molar-refractivity contribution in [3.8, 4) is 0 Å². The zero-order chi connectivity index (χ0) is 11.3. The van der Waals surface area contributed by atoms with E-state index in [1.807, 2.05) is 13.8 Å². The Balaban J connectivity index is 2.29. The largest absolute Gasteiger partial charge is 0.396 e. The van der Waals surface area contributed by atoms with Gasteiger partial charge in [0.2, 0.25) is 5.91 Å². The first-order valence-corrected chi connectivity index (χ1v) is 5.43. The number of aliphatic hydroxyl groups is 1. The van der Waals surface area contributed by atoms with Gasteiger partial charge in [0, 0.05) is 31.8 Å². The molecule has 0 aromatic heterocycles. The molecule has 1 rings (SSSR count). The molecule has 1 unspecified atom stereocenters. The van der Waals surface area contributed by atoms with Crippen LogP contribution >= 0.6 is 0 Å². The minimum Gasteiger partial charge on any atom is -0.396 e. The van der Waals surface area contributed by atoms with E-state index < -0.39 is 0 Å².